The zero-order chi connectivity index (χ0) is 20.5. The zero-order valence-electron chi connectivity index (χ0n) is 14.5. The highest BCUT2D eigenvalue weighted by atomic mass is 19.4. The van der Waals surface area contributed by atoms with Crippen LogP contribution in [0, 0.1) is 0 Å². The lowest BCUT2D eigenvalue weighted by atomic mass is 10.1. The molecular weight excluding hydrogens is 379 g/mol. The number of carbonyl (C=O) groups is 2. The summed E-state index contributed by atoms with van der Waals surface area (Å²) in [6, 6.07) is 10.4. The minimum Gasteiger partial charge on any atom is -0.502 e. The van der Waals surface area contributed by atoms with E-state index in [-0.39, 0.29) is 11.3 Å². The molecule has 0 atom stereocenters. The van der Waals surface area contributed by atoms with E-state index in [1.807, 2.05) is 6.92 Å². The second-order valence-electron chi connectivity index (χ2n) is 5.67. The monoisotopic (exact) mass is 393 g/mol. The van der Waals surface area contributed by atoms with Crippen molar-refractivity contribution in [1.29, 1.82) is 0 Å². The SMILES string of the molecule is CCOc1ccc(C2=C(O)C(=O)N(c3ccc(OC(F)(F)F)cc3)C2=O)cc1. The molecule has 3 rings (SSSR count). The summed E-state index contributed by atoms with van der Waals surface area (Å²) in [6.45, 7) is 2.26. The van der Waals surface area contributed by atoms with Gasteiger partial charge in [0, 0.05) is 0 Å². The van der Waals surface area contributed by atoms with Crippen molar-refractivity contribution in [3.8, 4) is 11.5 Å². The van der Waals surface area contributed by atoms with Crippen molar-refractivity contribution in [2.45, 2.75) is 13.3 Å². The molecule has 6 nitrogen and oxygen atoms in total. The van der Waals surface area contributed by atoms with Crippen molar-refractivity contribution in [3.63, 3.8) is 0 Å². The molecule has 0 saturated heterocycles. The highest BCUT2D eigenvalue weighted by Gasteiger charge is 2.40. The molecule has 0 unspecified atom stereocenters. The number of benzene rings is 2. The Balaban J connectivity index is 1.86. The number of hydrogen-bond donors (Lipinski definition) is 1. The summed E-state index contributed by atoms with van der Waals surface area (Å²) in [4.78, 5) is 25.7. The topological polar surface area (TPSA) is 76.1 Å². The van der Waals surface area contributed by atoms with E-state index in [4.69, 9.17) is 4.74 Å². The van der Waals surface area contributed by atoms with E-state index in [1.165, 1.54) is 12.1 Å². The van der Waals surface area contributed by atoms with Crippen LogP contribution in [-0.2, 0) is 9.59 Å². The second kappa shape index (κ2) is 7.26. The van der Waals surface area contributed by atoms with Gasteiger partial charge in [0.05, 0.1) is 17.9 Å². The van der Waals surface area contributed by atoms with Crippen LogP contribution >= 0.6 is 0 Å². The van der Waals surface area contributed by atoms with Crippen LogP contribution in [0.25, 0.3) is 5.57 Å². The molecule has 0 aliphatic carbocycles. The Morgan fingerprint density at radius 2 is 1.50 bits per heavy atom. The molecule has 2 aromatic carbocycles. The molecule has 0 saturated carbocycles. The normalized spacial score (nSPS) is 14.6. The standard InChI is InChI=1S/C19H14F3NO5/c1-2-27-13-7-3-11(4-8-13)15-16(24)18(26)23(17(15)25)12-5-9-14(10-6-12)28-19(20,21)22/h3-10,24H,2H2,1H3. The maximum Gasteiger partial charge on any atom is 0.573 e. The van der Waals surface area contributed by atoms with E-state index in [0.29, 0.717) is 22.8 Å². The third-order valence-corrected chi connectivity index (χ3v) is 3.84. The predicted molar refractivity (Wildman–Crippen MR) is 92.8 cm³/mol. The first-order chi connectivity index (χ1) is 13.2. The number of ether oxygens (including phenoxy) is 2. The lowest BCUT2D eigenvalue weighted by molar-refractivity contribution is -0.274. The van der Waals surface area contributed by atoms with Gasteiger partial charge in [-0.1, -0.05) is 12.1 Å². The number of imide groups is 1. The number of carbonyl (C=O) groups excluding carboxylic acids is 2. The minimum atomic E-state index is -4.86. The van der Waals surface area contributed by atoms with E-state index < -0.39 is 29.7 Å². The van der Waals surface area contributed by atoms with Gasteiger partial charge in [-0.15, -0.1) is 13.2 Å². The summed E-state index contributed by atoms with van der Waals surface area (Å²) >= 11 is 0. The van der Waals surface area contributed by atoms with Gasteiger partial charge < -0.3 is 14.6 Å². The molecule has 9 heteroatoms. The van der Waals surface area contributed by atoms with Gasteiger partial charge in [-0.05, 0) is 48.9 Å². The van der Waals surface area contributed by atoms with Crippen molar-refractivity contribution in [1.82, 2.24) is 0 Å². The molecule has 28 heavy (non-hydrogen) atoms. The van der Waals surface area contributed by atoms with Gasteiger partial charge in [0.1, 0.15) is 11.5 Å². The molecule has 1 heterocycles. The van der Waals surface area contributed by atoms with E-state index in [9.17, 15) is 27.9 Å². The summed E-state index contributed by atoms with van der Waals surface area (Å²) in [7, 11) is 0. The van der Waals surface area contributed by atoms with Gasteiger partial charge >= 0.3 is 12.3 Å². The fourth-order valence-corrected chi connectivity index (χ4v) is 2.69. The summed E-state index contributed by atoms with van der Waals surface area (Å²) in [6.07, 6.45) is -4.86. The quantitative estimate of drug-likeness (QED) is 0.782. The Morgan fingerprint density at radius 1 is 0.929 bits per heavy atom. The zero-order valence-corrected chi connectivity index (χ0v) is 14.5. The Labute approximate surface area is 157 Å². The maximum atomic E-state index is 12.7. The van der Waals surface area contributed by atoms with Crippen LogP contribution in [0.3, 0.4) is 0 Å². The average molecular weight is 393 g/mol. The lowest BCUT2D eigenvalue weighted by Crippen LogP contribution is -2.31. The number of halogens is 3. The summed E-state index contributed by atoms with van der Waals surface area (Å²) in [5.74, 6) is -2.46. The molecule has 0 bridgehead atoms. The highest BCUT2D eigenvalue weighted by Crippen LogP contribution is 2.33. The first-order valence-corrected chi connectivity index (χ1v) is 8.12. The van der Waals surface area contributed by atoms with Crippen LogP contribution in [0.4, 0.5) is 18.9 Å². The summed E-state index contributed by atoms with van der Waals surface area (Å²) < 4.78 is 45.8. The summed E-state index contributed by atoms with van der Waals surface area (Å²) in [5.41, 5.74) is 0.0968. The predicted octanol–water partition coefficient (Wildman–Crippen LogP) is 3.83. The Kier molecular flexibility index (Phi) is 5.00. The van der Waals surface area contributed by atoms with Crippen molar-refractivity contribution in [2.75, 3.05) is 11.5 Å². The van der Waals surface area contributed by atoms with Crippen LogP contribution in [-0.4, -0.2) is 29.9 Å². The number of alkyl halides is 3. The van der Waals surface area contributed by atoms with Crippen molar-refractivity contribution in [3.05, 3.63) is 59.9 Å². The lowest BCUT2D eigenvalue weighted by Gasteiger charge is -2.15. The van der Waals surface area contributed by atoms with Gasteiger partial charge in [0.25, 0.3) is 5.91 Å². The Hall–Kier alpha value is -3.49. The molecule has 2 aromatic rings. The number of hydrogen-bond acceptors (Lipinski definition) is 5. The number of amides is 2. The fourth-order valence-electron chi connectivity index (χ4n) is 2.69. The Morgan fingerprint density at radius 3 is 2.04 bits per heavy atom. The number of anilines is 1. The first-order valence-electron chi connectivity index (χ1n) is 8.12. The van der Waals surface area contributed by atoms with Crippen molar-refractivity contribution in [2.24, 2.45) is 0 Å². The first kappa shape index (κ1) is 19.3. The number of rotatable bonds is 5. The van der Waals surface area contributed by atoms with E-state index in [0.717, 1.165) is 24.3 Å². The number of nitrogens with zero attached hydrogens (tertiary/aromatic N) is 1. The fraction of sp³-hybridized carbons (Fsp3) is 0.158. The summed E-state index contributed by atoms with van der Waals surface area (Å²) in [5, 5.41) is 10.2. The minimum absolute atomic E-state index is 0.00277. The van der Waals surface area contributed by atoms with Crippen LogP contribution in [0.1, 0.15) is 12.5 Å². The largest absolute Gasteiger partial charge is 0.573 e. The van der Waals surface area contributed by atoms with Gasteiger partial charge in [-0.25, -0.2) is 4.90 Å². The van der Waals surface area contributed by atoms with Gasteiger partial charge in [-0.3, -0.25) is 9.59 Å². The Bertz CT molecular complexity index is 934. The van der Waals surface area contributed by atoms with Gasteiger partial charge in [-0.2, -0.15) is 0 Å². The third kappa shape index (κ3) is 3.78. The maximum absolute atomic E-state index is 12.7. The van der Waals surface area contributed by atoms with E-state index in [2.05, 4.69) is 4.74 Å². The molecule has 0 radical (unpaired) electrons. The van der Waals surface area contributed by atoms with E-state index in [1.54, 1.807) is 12.1 Å². The van der Waals surface area contributed by atoms with Crippen LogP contribution < -0.4 is 14.4 Å². The molecule has 1 aliphatic rings. The molecule has 0 spiro atoms. The van der Waals surface area contributed by atoms with Crippen molar-refractivity contribution >= 4 is 23.1 Å². The van der Waals surface area contributed by atoms with Crippen LogP contribution in [0.2, 0.25) is 0 Å². The van der Waals surface area contributed by atoms with Crippen molar-refractivity contribution < 1.29 is 37.3 Å². The average Bonchev–Trinajstić information content (AvgIpc) is 2.85. The van der Waals surface area contributed by atoms with Crippen LogP contribution in [0.15, 0.2) is 54.3 Å². The van der Waals surface area contributed by atoms with Gasteiger partial charge in [0.15, 0.2) is 5.76 Å². The molecule has 2 amide bonds. The second-order valence-corrected chi connectivity index (χ2v) is 5.67. The smallest absolute Gasteiger partial charge is 0.502 e. The molecule has 0 aromatic heterocycles. The third-order valence-electron chi connectivity index (χ3n) is 3.84. The number of aliphatic hydroxyl groups is 1. The molecule has 1 N–H and O–H groups in total. The molecule has 146 valence electrons. The number of aliphatic hydroxyl groups excluding tert-OH is 1. The van der Waals surface area contributed by atoms with Gasteiger partial charge in [0.2, 0.25) is 0 Å². The molecule has 0 fully saturated rings. The molecule has 1 aliphatic heterocycles. The molecular formula is C19H14F3NO5. The van der Waals surface area contributed by atoms with Crippen LogP contribution in [0.5, 0.6) is 11.5 Å². The highest BCUT2D eigenvalue weighted by molar-refractivity contribution is 6.44. The van der Waals surface area contributed by atoms with E-state index >= 15 is 0 Å².